The number of nitrogens with two attached hydrogens (primary N) is 2. The predicted molar refractivity (Wildman–Crippen MR) is 109 cm³/mol. The van der Waals surface area contributed by atoms with Crippen molar-refractivity contribution in [2.45, 2.75) is 57.0 Å². The highest BCUT2D eigenvalue weighted by Crippen LogP contribution is 2.43. The quantitative estimate of drug-likeness (QED) is 0.838. The van der Waals surface area contributed by atoms with Gasteiger partial charge in [-0.3, -0.25) is 4.90 Å². The lowest BCUT2D eigenvalue weighted by atomic mass is 9.87. The van der Waals surface area contributed by atoms with Crippen molar-refractivity contribution < 1.29 is 0 Å². The van der Waals surface area contributed by atoms with Crippen molar-refractivity contribution in [3.8, 4) is 6.07 Å². The lowest BCUT2D eigenvalue weighted by molar-refractivity contribution is 0.305. The summed E-state index contributed by atoms with van der Waals surface area (Å²) < 4.78 is 0. The van der Waals surface area contributed by atoms with Gasteiger partial charge in [-0.25, -0.2) is 4.99 Å². The Kier molecular flexibility index (Phi) is 4.65. The number of rotatable bonds is 2. The van der Waals surface area contributed by atoms with Crippen LogP contribution in [-0.2, 0) is 0 Å². The Balaban J connectivity index is 1.84. The zero-order chi connectivity index (χ0) is 18.9. The zero-order valence-corrected chi connectivity index (χ0v) is 15.7. The molecule has 2 heterocycles. The van der Waals surface area contributed by atoms with Gasteiger partial charge >= 0.3 is 0 Å². The van der Waals surface area contributed by atoms with Gasteiger partial charge in [0.05, 0.1) is 23.0 Å². The van der Waals surface area contributed by atoms with Gasteiger partial charge in [-0.1, -0.05) is 6.42 Å². The van der Waals surface area contributed by atoms with Gasteiger partial charge in [-0.05, 0) is 63.1 Å². The summed E-state index contributed by atoms with van der Waals surface area (Å²) in [6.07, 6.45) is 8.76. The van der Waals surface area contributed by atoms with E-state index >= 15 is 0 Å². The second kappa shape index (κ2) is 7.10. The van der Waals surface area contributed by atoms with Crippen molar-refractivity contribution in [2.75, 3.05) is 22.9 Å². The topological polar surface area (TPSA) is 107 Å². The van der Waals surface area contributed by atoms with Crippen LogP contribution in [0, 0.1) is 11.3 Å². The summed E-state index contributed by atoms with van der Waals surface area (Å²) in [7, 11) is 0. The molecule has 4 N–H and O–H groups in total. The van der Waals surface area contributed by atoms with Crippen molar-refractivity contribution in [3.63, 3.8) is 0 Å². The molecule has 2 fully saturated rings. The van der Waals surface area contributed by atoms with Crippen LogP contribution in [0.2, 0.25) is 0 Å². The molecule has 7 nitrogen and oxygen atoms in total. The van der Waals surface area contributed by atoms with Crippen LogP contribution in [0.4, 0.5) is 11.4 Å². The highest BCUT2D eigenvalue weighted by atomic mass is 15.4. The molecular weight excluding hydrogens is 338 g/mol. The number of nitriles is 1. The molecule has 0 aromatic heterocycles. The maximum absolute atomic E-state index is 9.48. The first kappa shape index (κ1) is 17.7. The van der Waals surface area contributed by atoms with Crippen LogP contribution in [0.5, 0.6) is 0 Å². The number of hydrogen-bond acceptors (Lipinski definition) is 7. The molecule has 2 aliphatic heterocycles. The van der Waals surface area contributed by atoms with E-state index in [1.807, 2.05) is 23.1 Å². The van der Waals surface area contributed by atoms with Gasteiger partial charge in [0.15, 0.2) is 0 Å². The molecule has 1 aromatic carbocycles. The lowest BCUT2D eigenvalue weighted by Gasteiger charge is -2.47. The van der Waals surface area contributed by atoms with E-state index < -0.39 is 5.66 Å². The largest absolute Gasteiger partial charge is 0.370 e. The minimum atomic E-state index is -0.493. The van der Waals surface area contributed by atoms with Crippen LogP contribution in [0.1, 0.15) is 56.9 Å². The van der Waals surface area contributed by atoms with E-state index in [0.717, 1.165) is 50.1 Å². The Morgan fingerprint density at radius 2 is 1.67 bits per heavy atom. The second-order valence-corrected chi connectivity index (χ2v) is 7.68. The maximum Gasteiger partial charge on any atom is 0.220 e. The fourth-order valence-corrected chi connectivity index (χ4v) is 4.64. The molecule has 1 saturated carbocycles. The van der Waals surface area contributed by atoms with Crippen molar-refractivity contribution in [2.24, 2.45) is 21.5 Å². The zero-order valence-electron chi connectivity index (χ0n) is 15.7. The van der Waals surface area contributed by atoms with E-state index in [1.54, 1.807) is 0 Å². The smallest absolute Gasteiger partial charge is 0.220 e. The first-order chi connectivity index (χ1) is 13.1. The molecule has 1 spiro atoms. The molecule has 1 saturated heterocycles. The summed E-state index contributed by atoms with van der Waals surface area (Å²) in [5.41, 5.74) is 14.6. The highest BCUT2D eigenvalue weighted by Gasteiger charge is 2.43. The molecule has 0 bridgehead atoms. The van der Waals surface area contributed by atoms with Gasteiger partial charge in [0.25, 0.3) is 0 Å². The van der Waals surface area contributed by atoms with E-state index in [1.165, 1.54) is 25.7 Å². The molecular formula is C20H27N7. The summed E-state index contributed by atoms with van der Waals surface area (Å²) in [6.45, 7) is 2.03. The van der Waals surface area contributed by atoms with Gasteiger partial charge in [0, 0.05) is 13.1 Å². The molecule has 142 valence electrons. The van der Waals surface area contributed by atoms with Gasteiger partial charge in [0.1, 0.15) is 5.66 Å². The average molecular weight is 365 g/mol. The molecule has 0 unspecified atom stereocenters. The molecule has 1 aliphatic carbocycles. The van der Waals surface area contributed by atoms with Crippen LogP contribution in [0.15, 0.2) is 28.2 Å². The van der Waals surface area contributed by atoms with E-state index in [-0.39, 0.29) is 5.96 Å². The Hall–Kier alpha value is -2.75. The van der Waals surface area contributed by atoms with E-state index in [9.17, 15) is 5.26 Å². The standard InChI is InChI=1S/C20H27N7/c21-14-15-7-8-16(26-11-5-2-6-12-26)17(13-15)27-19(23)24-18(22)25-20(27)9-3-1-4-10-20/h7-8,13H,1-6,9-12H2,(H4,22,23,24,25). The first-order valence-corrected chi connectivity index (χ1v) is 9.92. The number of guanidine groups is 2. The van der Waals surface area contributed by atoms with Crippen molar-refractivity contribution in [3.05, 3.63) is 23.8 Å². The third kappa shape index (κ3) is 3.20. The summed E-state index contributed by atoms with van der Waals surface area (Å²) >= 11 is 0. The van der Waals surface area contributed by atoms with E-state index in [2.05, 4.69) is 16.0 Å². The summed E-state index contributed by atoms with van der Waals surface area (Å²) in [4.78, 5) is 13.5. The van der Waals surface area contributed by atoms with Crippen molar-refractivity contribution in [1.82, 2.24) is 0 Å². The Bertz CT molecular complexity index is 808. The Morgan fingerprint density at radius 1 is 0.963 bits per heavy atom. The molecule has 4 rings (SSSR count). The average Bonchev–Trinajstić information content (AvgIpc) is 2.68. The highest BCUT2D eigenvalue weighted by molar-refractivity contribution is 6.07. The number of benzene rings is 1. The summed E-state index contributed by atoms with van der Waals surface area (Å²) in [5.74, 6) is 0.624. The van der Waals surface area contributed by atoms with Gasteiger partial charge in [-0.2, -0.15) is 10.3 Å². The van der Waals surface area contributed by atoms with Crippen molar-refractivity contribution in [1.29, 1.82) is 5.26 Å². The molecule has 0 radical (unpaired) electrons. The molecule has 27 heavy (non-hydrogen) atoms. The molecule has 7 heteroatoms. The van der Waals surface area contributed by atoms with Crippen molar-refractivity contribution >= 4 is 23.3 Å². The minimum Gasteiger partial charge on any atom is -0.370 e. The fourth-order valence-electron chi connectivity index (χ4n) is 4.64. The molecule has 0 amide bonds. The summed E-state index contributed by atoms with van der Waals surface area (Å²) in [6, 6.07) is 8.13. The normalized spacial score (nSPS) is 22.2. The third-order valence-corrected chi connectivity index (χ3v) is 5.89. The second-order valence-electron chi connectivity index (χ2n) is 7.68. The van der Waals surface area contributed by atoms with Crippen LogP contribution in [0.25, 0.3) is 0 Å². The number of anilines is 2. The van der Waals surface area contributed by atoms with Crippen LogP contribution < -0.4 is 21.3 Å². The minimum absolute atomic E-state index is 0.251. The Labute approximate surface area is 160 Å². The van der Waals surface area contributed by atoms with Gasteiger partial charge < -0.3 is 16.4 Å². The SMILES string of the molecule is N#Cc1ccc(N2CCCCC2)c(N2C(N)=NC(N)=NC23CCCCC3)c1. The number of aliphatic imine (C=N–C) groups is 2. The number of hydrogen-bond donors (Lipinski definition) is 2. The Morgan fingerprint density at radius 3 is 2.37 bits per heavy atom. The van der Waals surface area contributed by atoms with E-state index in [0.29, 0.717) is 11.5 Å². The fraction of sp³-hybridized carbons (Fsp3) is 0.550. The third-order valence-electron chi connectivity index (χ3n) is 5.89. The molecule has 3 aliphatic rings. The van der Waals surface area contributed by atoms with Crippen LogP contribution in [0.3, 0.4) is 0 Å². The number of piperidine rings is 1. The van der Waals surface area contributed by atoms with Gasteiger partial charge in [-0.15, -0.1) is 0 Å². The molecule has 1 aromatic rings. The van der Waals surface area contributed by atoms with Crippen LogP contribution >= 0.6 is 0 Å². The predicted octanol–water partition coefficient (Wildman–Crippen LogP) is 2.66. The van der Waals surface area contributed by atoms with E-state index in [4.69, 9.17) is 16.5 Å². The monoisotopic (exact) mass is 365 g/mol. The van der Waals surface area contributed by atoms with Crippen LogP contribution in [-0.4, -0.2) is 30.7 Å². The number of nitrogens with zero attached hydrogens (tertiary/aromatic N) is 5. The first-order valence-electron chi connectivity index (χ1n) is 9.92. The van der Waals surface area contributed by atoms with Gasteiger partial charge in [0.2, 0.25) is 11.9 Å². The molecule has 0 atom stereocenters. The maximum atomic E-state index is 9.48. The summed E-state index contributed by atoms with van der Waals surface area (Å²) in [5, 5.41) is 9.48. The lowest BCUT2D eigenvalue weighted by Crippen LogP contribution is -2.58.